The number of hydrogen-bond acceptors (Lipinski definition) is 4. The molecule has 0 aliphatic carbocycles. The van der Waals surface area contributed by atoms with Gasteiger partial charge in [-0.25, -0.2) is 0 Å². The van der Waals surface area contributed by atoms with Gasteiger partial charge >= 0.3 is 0 Å². The molecule has 0 saturated carbocycles. The normalized spacial score (nSPS) is 24.9. The van der Waals surface area contributed by atoms with E-state index in [9.17, 15) is 0 Å². The van der Waals surface area contributed by atoms with Gasteiger partial charge in [0.1, 0.15) is 0 Å². The summed E-state index contributed by atoms with van der Waals surface area (Å²) in [6.07, 6.45) is 6.46. The Morgan fingerprint density at radius 2 is 2.00 bits per heavy atom. The summed E-state index contributed by atoms with van der Waals surface area (Å²) >= 11 is 1.89. The van der Waals surface area contributed by atoms with Crippen LogP contribution in [0.15, 0.2) is 22.5 Å². The highest BCUT2D eigenvalue weighted by Crippen LogP contribution is 2.36. The molecule has 2 atom stereocenters. The third-order valence-corrected chi connectivity index (χ3v) is 7.36. The molecule has 7 heteroatoms. The maximum absolute atomic E-state index is 4.44. The predicted octanol–water partition coefficient (Wildman–Crippen LogP) is 4.04. The van der Waals surface area contributed by atoms with Crippen LogP contribution >= 0.6 is 35.3 Å². The van der Waals surface area contributed by atoms with Gasteiger partial charge in [0.2, 0.25) is 0 Å². The number of piperidine rings is 2. The number of likely N-dealkylation sites (tertiary alicyclic amines) is 2. The minimum atomic E-state index is 0. The zero-order valence-corrected chi connectivity index (χ0v) is 21.5. The molecule has 2 aliphatic heterocycles. The summed E-state index contributed by atoms with van der Waals surface area (Å²) in [6.45, 7) is 9.29. The van der Waals surface area contributed by atoms with E-state index in [0.29, 0.717) is 12.0 Å². The van der Waals surface area contributed by atoms with Gasteiger partial charge in [0.15, 0.2) is 5.96 Å². The van der Waals surface area contributed by atoms with Crippen molar-refractivity contribution in [3.63, 3.8) is 0 Å². The molecule has 2 saturated heterocycles. The lowest BCUT2D eigenvalue weighted by Crippen LogP contribution is -2.45. The van der Waals surface area contributed by atoms with Crippen molar-refractivity contribution in [2.24, 2.45) is 16.8 Å². The Morgan fingerprint density at radius 3 is 2.69 bits per heavy atom. The molecule has 2 aliphatic rings. The van der Waals surface area contributed by atoms with Crippen LogP contribution < -0.4 is 10.6 Å². The predicted molar refractivity (Wildman–Crippen MR) is 137 cm³/mol. The van der Waals surface area contributed by atoms with Crippen molar-refractivity contribution in [1.82, 2.24) is 20.4 Å². The maximum Gasteiger partial charge on any atom is 0.190 e. The Labute approximate surface area is 198 Å². The van der Waals surface area contributed by atoms with Gasteiger partial charge in [-0.15, -0.1) is 35.3 Å². The highest BCUT2D eigenvalue weighted by Gasteiger charge is 2.31. The van der Waals surface area contributed by atoms with Gasteiger partial charge in [-0.2, -0.15) is 0 Å². The quantitative estimate of drug-likeness (QED) is 0.241. The van der Waals surface area contributed by atoms with Crippen LogP contribution in [0.5, 0.6) is 0 Å². The molecule has 0 spiro atoms. The lowest BCUT2D eigenvalue weighted by molar-refractivity contribution is 0.125. The van der Waals surface area contributed by atoms with E-state index in [4.69, 9.17) is 0 Å². The first-order valence-corrected chi connectivity index (χ1v) is 12.0. The second-order valence-corrected chi connectivity index (χ2v) is 9.58. The molecular formula is C22H40IN5S. The number of nitrogens with zero attached hydrogens (tertiary/aromatic N) is 3. The summed E-state index contributed by atoms with van der Waals surface area (Å²) < 4.78 is 0. The molecule has 166 valence electrons. The topological polar surface area (TPSA) is 42.9 Å². The minimum Gasteiger partial charge on any atom is -0.356 e. The fourth-order valence-corrected chi connectivity index (χ4v) is 5.61. The average Bonchev–Trinajstić information content (AvgIpc) is 3.23. The van der Waals surface area contributed by atoms with E-state index in [-0.39, 0.29) is 24.0 Å². The van der Waals surface area contributed by atoms with E-state index >= 15 is 0 Å². The third-order valence-electron chi connectivity index (χ3n) is 6.42. The van der Waals surface area contributed by atoms with Crippen molar-refractivity contribution < 1.29 is 0 Å². The molecule has 0 radical (unpaired) electrons. The Hall–Kier alpha value is -0.380. The molecule has 1 aromatic rings. The first-order valence-electron chi connectivity index (χ1n) is 11.1. The van der Waals surface area contributed by atoms with Crippen LogP contribution in [-0.4, -0.2) is 69.1 Å². The zero-order valence-electron chi connectivity index (χ0n) is 18.4. The van der Waals surface area contributed by atoms with Gasteiger partial charge in [0.25, 0.3) is 0 Å². The lowest BCUT2D eigenvalue weighted by atomic mass is 9.88. The smallest absolute Gasteiger partial charge is 0.190 e. The van der Waals surface area contributed by atoms with Gasteiger partial charge in [-0.1, -0.05) is 13.0 Å². The zero-order chi connectivity index (χ0) is 19.8. The molecule has 0 amide bonds. The number of thiophene rings is 1. The molecule has 2 unspecified atom stereocenters. The summed E-state index contributed by atoms with van der Waals surface area (Å²) in [5.74, 6) is 2.49. The lowest BCUT2D eigenvalue weighted by Gasteiger charge is -2.39. The van der Waals surface area contributed by atoms with Gasteiger partial charge in [-0.05, 0) is 88.6 Å². The van der Waals surface area contributed by atoms with Crippen LogP contribution in [0.1, 0.15) is 49.9 Å². The van der Waals surface area contributed by atoms with Gasteiger partial charge in [0, 0.05) is 31.1 Å². The number of hydrogen-bond donors (Lipinski definition) is 2. The highest BCUT2D eigenvalue weighted by molar-refractivity contribution is 14.0. The fraction of sp³-hybridized carbons (Fsp3) is 0.773. The average molecular weight is 534 g/mol. The Bertz CT molecular complexity index is 586. The SMILES string of the molecule is CN=C(NCCCN1CCC(C)CC1)NCC1CCCN(C)C1c1cccs1.I. The van der Waals surface area contributed by atoms with E-state index in [0.717, 1.165) is 25.0 Å². The van der Waals surface area contributed by atoms with Crippen molar-refractivity contribution in [2.45, 2.75) is 45.1 Å². The van der Waals surface area contributed by atoms with Crippen LogP contribution in [0, 0.1) is 11.8 Å². The number of nitrogens with one attached hydrogen (secondary N) is 2. The number of rotatable bonds is 7. The maximum atomic E-state index is 4.44. The van der Waals surface area contributed by atoms with Crippen molar-refractivity contribution in [2.75, 3.05) is 53.4 Å². The Balaban J connectivity index is 0.00000300. The Kier molecular flexibility index (Phi) is 11.3. The molecule has 2 N–H and O–H groups in total. The van der Waals surface area contributed by atoms with Crippen molar-refractivity contribution in [3.8, 4) is 0 Å². The van der Waals surface area contributed by atoms with Crippen molar-refractivity contribution in [1.29, 1.82) is 0 Å². The summed E-state index contributed by atoms with van der Waals surface area (Å²) in [6, 6.07) is 5.00. The molecular weight excluding hydrogens is 493 g/mol. The van der Waals surface area contributed by atoms with E-state index < -0.39 is 0 Å². The van der Waals surface area contributed by atoms with Gasteiger partial charge < -0.3 is 15.5 Å². The van der Waals surface area contributed by atoms with E-state index in [2.05, 4.69) is 56.9 Å². The molecule has 0 aromatic carbocycles. The van der Waals surface area contributed by atoms with Crippen molar-refractivity contribution in [3.05, 3.63) is 22.4 Å². The molecule has 1 aromatic heterocycles. The summed E-state index contributed by atoms with van der Waals surface area (Å²) in [5.41, 5.74) is 0. The number of halogens is 1. The number of aliphatic imine (C=N–C) groups is 1. The van der Waals surface area contributed by atoms with Gasteiger partial charge in [0.05, 0.1) is 0 Å². The summed E-state index contributed by atoms with van der Waals surface area (Å²) in [5, 5.41) is 9.32. The standard InChI is InChI=1S/C22H39N5S.HI/c1-18-9-14-27(15-10-18)13-6-11-24-22(23-2)25-17-19-7-4-12-26(3)21(19)20-8-5-16-28-20;/h5,8,16,18-19,21H,4,6-7,9-15,17H2,1-3H3,(H2,23,24,25);1H. The second kappa shape index (κ2) is 13.1. The van der Waals surface area contributed by atoms with Crippen LogP contribution in [-0.2, 0) is 0 Å². The minimum absolute atomic E-state index is 0. The molecule has 3 rings (SSSR count). The molecule has 29 heavy (non-hydrogen) atoms. The molecule has 0 bridgehead atoms. The Morgan fingerprint density at radius 1 is 1.21 bits per heavy atom. The largest absolute Gasteiger partial charge is 0.356 e. The fourth-order valence-electron chi connectivity index (χ4n) is 4.63. The second-order valence-electron chi connectivity index (χ2n) is 8.60. The summed E-state index contributed by atoms with van der Waals surface area (Å²) in [4.78, 5) is 11.1. The van der Waals surface area contributed by atoms with Crippen LogP contribution in [0.3, 0.4) is 0 Å². The monoisotopic (exact) mass is 533 g/mol. The van der Waals surface area contributed by atoms with E-state index in [1.807, 2.05) is 18.4 Å². The van der Waals surface area contributed by atoms with Crippen molar-refractivity contribution >= 4 is 41.3 Å². The van der Waals surface area contributed by atoms with Crippen LogP contribution in [0.4, 0.5) is 0 Å². The highest BCUT2D eigenvalue weighted by atomic mass is 127. The first-order chi connectivity index (χ1) is 13.7. The van der Waals surface area contributed by atoms with E-state index in [1.165, 1.54) is 63.2 Å². The molecule has 3 heterocycles. The molecule has 5 nitrogen and oxygen atoms in total. The van der Waals surface area contributed by atoms with Gasteiger partial charge in [-0.3, -0.25) is 9.89 Å². The molecule has 2 fully saturated rings. The van der Waals surface area contributed by atoms with Crippen LogP contribution in [0.2, 0.25) is 0 Å². The first kappa shape index (κ1) is 24.9. The van der Waals surface area contributed by atoms with E-state index in [1.54, 1.807) is 0 Å². The third kappa shape index (κ3) is 7.67. The summed E-state index contributed by atoms with van der Waals surface area (Å²) in [7, 11) is 4.15. The number of guanidine groups is 1. The van der Waals surface area contributed by atoms with Crippen LogP contribution in [0.25, 0.3) is 0 Å².